The summed E-state index contributed by atoms with van der Waals surface area (Å²) in [5, 5.41) is 3.16. The number of nitrogens with one attached hydrogen (secondary N) is 1. The maximum atomic E-state index is 13.0. The first-order chi connectivity index (χ1) is 14.3. The summed E-state index contributed by atoms with van der Waals surface area (Å²) in [6.07, 6.45) is 4.77. The number of ether oxygens (including phenoxy) is 3. The Bertz CT molecular complexity index is 937. The average Bonchev–Trinajstić information content (AvgIpc) is 2.72. The predicted molar refractivity (Wildman–Crippen MR) is 116 cm³/mol. The van der Waals surface area contributed by atoms with Crippen LogP contribution in [0.4, 0.5) is 0 Å². The highest BCUT2D eigenvalue weighted by atomic mass is 16.5. The second kappa shape index (κ2) is 8.21. The first-order valence-corrected chi connectivity index (χ1v) is 10.8. The van der Waals surface area contributed by atoms with Crippen molar-refractivity contribution in [3.63, 3.8) is 0 Å². The maximum Gasteiger partial charge on any atom is 0.261 e. The van der Waals surface area contributed by atoms with Crippen LogP contribution in [0.25, 0.3) is 0 Å². The molecule has 30 heavy (non-hydrogen) atoms. The molecule has 5 nitrogen and oxygen atoms in total. The zero-order valence-corrected chi connectivity index (χ0v) is 18.3. The molecule has 0 bridgehead atoms. The smallest absolute Gasteiger partial charge is 0.261 e. The van der Waals surface area contributed by atoms with E-state index in [0.717, 1.165) is 35.7 Å². The van der Waals surface area contributed by atoms with Gasteiger partial charge >= 0.3 is 0 Å². The molecule has 2 aliphatic rings. The summed E-state index contributed by atoms with van der Waals surface area (Å²) in [5.74, 6) is 2.15. The van der Waals surface area contributed by atoms with E-state index in [4.69, 9.17) is 14.2 Å². The number of carbonyl (C=O) groups is 1. The number of fused-ring (bicyclic) bond motifs is 2. The van der Waals surface area contributed by atoms with Gasteiger partial charge in [0.2, 0.25) is 0 Å². The largest absolute Gasteiger partial charge is 0.497 e. The third-order valence-corrected chi connectivity index (χ3v) is 5.99. The van der Waals surface area contributed by atoms with Gasteiger partial charge in [-0.3, -0.25) is 4.79 Å². The highest BCUT2D eigenvalue weighted by Crippen LogP contribution is 2.41. The number of rotatable bonds is 5. The number of hydrogen-bond donors (Lipinski definition) is 1. The van der Waals surface area contributed by atoms with Gasteiger partial charge in [0.25, 0.3) is 5.91 Å². The molecule has 0 radical (unpaired) electrons. The highest BCUT2D eigenvalue weighted by molar-refractivity contribution is 5.81. The average molecular weight is 410 g/mol. The summed E-state index contributed by atoms with van der Waals surface area (Å²) in [6.45, 7) is 5.87. The molecule has 5 heteroatoms. The molecule has 1 N–H and O–H groups in total. The summed E-state index contributed by atoms with van der Waals surface area (Å²) < 4.78 is 17.5. The molecule has 0 saturated heterocycles. The van der Waals surface area contributed by atoms with Crippen molar-refractivity contribution in [3.8, 4) is 17.2 Å². The molecule has 1 amide bonds. The Kier molecular flexibility index (Phi) is 5.63. The normalized spacial score (nSPS) is 20.2. The van der Waals surface area contributed by atoms with E-state index in [1.54, 1.807) is 14.0 Å². The molecule has 1 heterocycles. The van der Waals surface area contributed by atoms with Gasteiger partial charge in [-0.1, -0.05) is 6.07 Å². The lowest BCUT2D eigenvalue weighted by molar-refractivity contribution is -0.128. The lowest BCUT2D eigenvalue weighted by Gasteiger charge is -2.38. The van der Waals surface area contributed by atoms with Gasteiger partial charge < -0.3 is 19.5 Å². The summed E-state index contributed by atoms with van der Waals surface area (Å²) >= 11 is 0. The molecule has 0 fully saturated rings. The molecular formula is C25H31NO4. The molecule has 0 spiro atoms. The van der Waals surface area contributed by atoms with Crippen molar-refractivity contribution in [1.82, 2.24) is 5.32 Å². The monoisotopic (exact) mass is 409 g/mol. The molecule has 2 aromatic carbocycles. The minimum absolute atomic E-state index is 0.135. The van der Waals surface area contributed by atoms with Crippen LogP contribution in [0.15, 0.2) is 36.4 Å². The Hall–Kier alpha value is -2.69. The SMILES string of the molecule is COc1ccc2c(c1)[C@@H](NC(=O)[C@H](C)Oc1ccc3c(c1)CCCC3)CC(C)(C)O2. The molecule has 0 saturated carbocycles. The third-order valence-electron chi connectivity index (χ3n) is 5.99. The number of benzene rings is 2. The van der Waals surface area contributed by atoms with Crippen LogP contribution in [0.3, 0.4) is 0 Å². The van der Waals surface area contributed by atoms with Crippen LogP contribution in [0.1, 0.15) is 62.8 Å². The Morgan fingerprint density at radius 1 is 1.10 bits per heavy atom. The van der Waals surface area contributed by atoms with Gasteiger partial charge in [-0.15, -0.1) is 0 Å². The Labute approximate surface area is 178 Å². The molecule has 160 valence electrons. The lowest BCUT2D eigenvalue weighted by atomic mass is 9.89. The van der Waals surface area contributed by atoms with Gasteiger partial charge in [0, 0.05) is 12.0 Å². The molecular weight excluding hydrogens is 378 g/mol. The number of carbonyl (C=O) groups excluding carboxylic acids is 1. The predicted octanol–water partition coefficient (Wildman–Crippen LogP) is 4.76. The van der Waals surface area contributed by atoms with Gasteiger partial charge in [-0.05, 0) is 87.9 Å². The van der Waals surface area contributed by atoms with Gasteiger partial charge in [0.05, 0.1) is 13.2 Å². The molecule has 2 aromatic rings. The van der Waals surface area contributed by atoms with Crippen molar-refractivity contribution in [2.24, 2.45) is 0 Å². The van der Waals surface area contributed by atoms with E-state index in [2.05, 4.69) is 17.4 Å². The molecule has 0 unspecified atom stereocenters. The zero-order chi connectivity index (χ0) is 21.3. The van der Waals surface area contributed by atoms with Crippen LogP contribution in [0.2, 0.25) is 0 Å². The van der Waals surface area contributed by atoms with E-state index in [0.29, 0.717) is 6.42 Å². The van der Waals surface area contributed by atoms with Crippen molar-refractivity contribution in [3.05, 3.63) is 53.1 Å². The van der Waals surface area contributed by atoms with E-state index in [1.807, 2.05) is 38.1 Å². The van der Waals surface area contributed by atoms with E-state index >= 15 is 0 Å². The Morgan fingerprint density at radius 3 is 2.60 bits per heavy atom. The van der Waals surface area contributed by atoms with Crippen molar-refractivity contribution >= 4 is 5.91 Å². The third kappa shape index (κ3) is 4.40. The molecule has 1 aliphatic carbocycles. The molecule has 4 rings (SSSR count). The van der Waals surface area contributed by atoms with Gasteiger partial charge in [0.15, 0.2) is 6.10 Å². The number of hydrogen-bond acceptors (Lipinski definition) is 4. The van der Waals surface area contributed by atoms with Gasteiger partial charge in [-0.2, -0.15) is 0 Å². The minimum atomic E-state index is -0.591. The van der Waals surface area contributed by atoms with Crippen molar-refractivity contribution in [1.29, 1.82) is 0 Å². The van der Waals surface area contributed by atoms with Crippen LogP contribution in [-0.4, -0.2) is 24.7 Å². The minimum Gasteiger partial charge on any atom is -0.497 e. The first-order valence-electron chi connectivity index (χ1n) is 10.8. The van der Waals surface area contributed by atoms with E-state index < -0.39 is 6.10 Å². The second-order valence-corrected chi connectivity index (χ2v) is 8.93. The van der Waals surface area contributed by atoms with E-state index in [-0.39, 0.29) is 17.6 Å². The van der Waals surface area contributed by atoms with Crippen molar-refractivity contribution in [2.75, 3.05) is 7.11 Å². The van der Waals surface area contributed by atoms with E-state index in [1.165, 1.54) is 24.0 Å². The van der Waals surface area contributed by atoms with Crippen LogP contribution >= 0.6 is 0 Å². The molecule has 0 aromatic heterocycles. The second-order valence-electron chi connectivity index (χ2n) is 8.93. The van der Waals surface area contributed by atoms with E-state index in [9.17, 15) is 4.79 Å². The fourth-order valence-corrected chi connectivity index (χ4v) is 4.42. The van der Waals surface area contributed by atoms with Crippen molar-refractivity contribution < 1.29 is 19.0 Å². The van der Waals surface area contributed by atoms with Crippen LogP contribution < -0.4 is 19.5 Å². The standard InChI is InChI=1S/C25H31NO4/c1-16(29-20-10-9-17-7-5-6-8-18(17)13-20)24(27)26-22-15-25(2,3)30-23-12-11-19(28-4)14-21(22)23/h9-14,16,22H,5-8,15H2,1-4H3,(H,26,27)/t16-,22-/m0/s1. The summed E-state index contributed by atoms with van der Waals surface area (Å²) in [5.41, 5.74) is 3.31. The number of aryl methyl sites for hydroxylation is 2. The van der Waals surface area contributed by atoms with Crippen LogP contribution in [0.5, 0.6) is 17.2 Å². The molecule has 2 atom stereocenters. The summed E-state index contributed by atoms with van der Waals surface area (Å²) in [4.78, 5) is 13.0. The fourth-order valence-electron chi connectivity index (χ4n) is 4.42. The fraction of sp³-hybridized carbons (Fsp3) is 0.480. The summed E-state index contributed by atoms with van der Waals surface area (Å²) in [7, 11) is 1.64. The lowest BCUT2D eigenvalue weighted by Crippen LogP contribution is -2.44. The number of methoxy groups -OCH3 is 1. The maximum absolute atomic E-state index is 13.0. The molecule has 1 aliphatic heterocycles. The highest BCUT2D eigenvalue weighted by Gasteiger charge is 2.35. The van der Waals surface area contributed by atoms with Gasteiger partial charge in [-0.25, -0.2) is 0 Å². The number of amides is 1. The topological polar surface area (TPSA) is 56.8 Å². The van der Waals surface area contributed by atoms with Crippen LogP contribution in [-0.2, 0) is 17.6 Å². The Balaban J connectivity index is 1.48. The quantitative estimate of drug-likeness (QED) is 0.774. The zero-order valence-electron chi connectivity index (χ0n) is 18.3. The van der Waals surface area contributed by atoms with Crippen molar-refractivity contribution in [2.45, 2.75) is 70.6 Å². The summed E-state index contributed by atoms with van der Waals surface area (Å²) in [6, 6.07) is 11.8. The van der Waals surface area contributed by atoms with Crippen LogP contribution in [0, 0.1) is 0 Å². The van der Waals surface area contributed by atoms with Gasteiger partial charge in [0.1, 0.15) is 22.8 Å². The first kappa shape index (κ1) is 20.6. The Morgan fingerprint density at radius 2 is 1.83 bits per heavy atom.